The van der Waals surface area contributed by atoms with Crippen LogP contribution >= 0.6 is 0 Å². The molecule has 4 amide bonds. The number of non-ortho nitro benzene ring substituents is 1. The molecule has 1 fully saturated rings. The molecule has 0 saturated carbocycles. The SMILES string of the molecule is CC[C@H](C)[C@@H](C(CC(=O)N1CCC[C@H]1[C@H](OC)[C@@H](C)C(=O)N[C@H](C)[C@@H](OC(=O)Oc1ccc([N+](=O)[O-])cc1)c1ccccc1)OC)N(C)C(=O)[C@@H](NC(=O)[C@H](C(C)C)N(C)C)C(C)C. The van der Waals surface area contributed by atoms with Gasteiger partial charge in [-0.1, -0.05) is 85.2 Å². The lowest BCUT2D eigenvalue weighted by molar-refractivity contribution is -0.384. The minimum atomic E-state index is -1.07. The van der Waals surface area contributed by atoms with E-state index in [9.17, 15) is 34.1 Å². The van der Waals surface area contributed by atoms with Gasteiger partial charge in [0.25, 0.3) is 5.69 Å². The number of amides is 4. The van der Waals surface area contributed by atoms with Gasteiger partial charge in [-0.15, -0.1) is 0 Å². The third kappa shape index (κ3) is 13.9. The van der Waals surface area contributed by atoms with Crippen LogP contribution < -0.4 is 15.4 Å². The fourth-order valence-corrected chi connectivity index (χ4v) is 8.80. The Labute approximate surface area is 379 Å². The summed E-state index contributed by atoms with van der Waals surface area (Å²) in [4.78, 5) is 84.9. The van der Waals surface area contributed by atoms with Gasteiger partial charge in [-0.2, -0.15) is 0 Å². The smallest absolute Gasteiger partial charge is 0.424 e. The second kappa shape index (κ2) is 24.8. The molecule has 17 nitrogen and oxygen atoms in total. The summed E-state index contributed by atoms with van der Waals surface area (Å²) in [5.74, 6) is -2.06. The average Bonchev–Trinajstić information content (AvgIpc) is 3.74. The van der Waals surface area contributed by atoms with E-state index in [1.165, 1.54) is 38.5 Å². The molecule has 64 heavy (non-hydrogen) atoms. The first-order valence-corrected chi connectivity index (χ1v) is 22.2. The zero-order valence-corrected chi connectivity index (χ0v) is 39.9. The number of likely N-dealkylation sites (tertiary alicyclic amines) is 1. The predicted octanol–water partition coefficient (Wildman–Crippen LogP) is 6.00. The highest BCUT2D eigenvalue weighted by Crippen LogP contribution is 2.31. The predicted molar refractivity (Wildman–Crippen MR) is 242 cm³/mol. The molecule has 17 heteroatoms. The first-order valence-electron chi connectivity index (χ1n) is 22.2. The minimum absolute atomic E-state index is 0.0174. The largest absolute Gasteiger partial charge is 0.514 e. The number of nitrogens with zero attached hydrogens (tertiary/aromatic N) is 4. The van der Waals surface area contributed by atoms with Gasteiger partial charge in [0.15, 0.2) is 6.10 Å². The number of likely N-dealkylation sites (N-methyl/N-ethyl adjacent to an activating group) is 2. The molecule has 0 spiro atoms. The Morgan fingerprint density at radius 3 is 2.00 bits per heavy atom. The van der Waals surface area contributed by atoms with E-state index in [1.54, 1.807) is 61.0 Å². The minimum Gasteiger partial charge on any atom is -0.424 e. The Morgan fingerprint density at radius 2 is 1.48 bits per heavy atom. The van der Waals surface area contributed by atoms with Gasteiger partial charge in [-0.25, -0.2) is 4.79 Å². The van der Waals surface area contributed by atoms with E-state index in [-0.39, 0.29) is 53.3 Å². The fraction of sp³-hybridized carbons (Fsp3) is 0.638. The molecule has 3 rings (SSSR count). The zero-order valence-electron chi connectivity index (χ0n) is 39.9. The topological polar surface area (TPSA) is 199 Å². The Balaban J connectivity index is 1.78. The highest BCUT2D eigenvalue weighted by atomic mass is 16.7. The Kier molecular flexibility index (Phi) is 20.6. The normalized spacial score (nSPS) is 18.2. The van der Waals surface area contributed by atoms with E-state index in [0.717, 1.165) is 0 Å². The lowest BCUT2D eigenvalue weighted by atomic mass is 9.89. The number of methoxy groups -OCH3 is 2. The number of benzene rings is 2. The van der Waals surface area contributed by atoms with Crippen LogP contribution in [0.15, 0.2) is 54.6 Å². The maximum absolute atomic E-state index is 14.4. The van der Waals surface area contributed by atoms with Crippen LogP contribution in [0.5, 0.6) is 5.75 Å². The quantitative estimate of drug-likeness (QED) is 0.0572. The number of rotatable bonds is 23. The summed E-state index contributed by atoms with van der Waals surface area (Å²) in [5.41, 5.74) is 0.419. The van der Waals surface area contributed by atoms with Crippen molar-refractivity contribution in [3.8, 4) is 5.75 Å². The van der Waals surface area contributed by atoms with Crippen LogP contribution in [0.2, 0.25) is 0 Å². The van der Waals surface area contributed by atoms with Gasteiger partial charge < -0.3 is 39.4 Å². The van der Waals surface area contributed by atoms with Gasteiger partial charge in [0, 0.05) is 39.9 Å². The van der Waals surface area contributed by atoms with Crippen LogP contribution in [-0.2, 0) is 33.4 Å². The van der Waals surface area contributed by atoms with Gasteiger partial charge in [0.05, 0.1) is 53.6 Å². The van der Waals surface area contributed by atoms with Gasteiger partial charge in [-0.3, -0.25) is 34.2 Å². The summed E-state index contributed by atoms with van der Waals surface area (Å²) in [7, 11) is 8.43. The molecule has 1 aliphatic rings. The zero-order chi connectivity index (χ0) is 48.0. The fourth-order valence-electron chi connectivity index (χ4n) is 8.80. The molecule has 2 aromatic carbocycles. The number of hydrogen-bond donors (Lipinski definition) is 2. The number of nitro benzene ring substituents is 1. The maximum Gasteiger partial charge on any atom is 0.514 e. The molecule has 2 N–H and O–H groups in total. The molecular formula is C47H72N6O11. The van der Waals surface area contributed by atoms with Crippen LogP contribution in [0.4, 0.5) is 10.5 Å². The summed E-state index contributed by atoms with van der Waals surface area (Å²) in [6.45, 7) is 15.6. The molecule has 0 aromatic heterocycles. The maximum atomic E-state index is 14.4. The number of ether oxygens (including phenoxy) is 4. The van der Waals surface area contributed by atoms with Crippen LogP contribution in [-0.4, -0.2) is 134 Å². The van der Waals surface area contributed by atoms with Crippen LogP contribution in [0.1, 0.15) is 92.7 Å². The molecule has 1 unspecified atom stereocenters. The van der Waals surface area contributed by atoms with Crippen molar-refractivity contribution in [1.82, 2.24) is 25.3 Å². The van der Waals surface area contributed by atoms with E-state index >= 15 is 0 Å². The molecular weight excluding hydrogens is 825 g/mol. The van der Waals surface area contributed by atoms with Crippen molar-refractivity contribution in [2.45, 2.75) is 130 Å². The molecule has 1 saturated heterocycles. The van der Waals surface area contributed by atoms with E-state index in [1.807, 2.05) is 60.5 Å². The number of nitrogens with one attached hydrogen (secondary N) is 2. The number of carbonyl (C=O) groups excluding carboxylic acids is 5. The first-order chi connectivity index (χ1) is 30.2. The van der Waals surface area contributed by atoms with E-state index in [4.69, 9.17) is 18.9 Å². The number of carbonyl (C=O) groups is 5. The van der Waals surface area contributed by atoms with E-state index in [2.05, 4.69) is 10.6 Å². The monoisotopic (exact) mass is 897 g/mol. The summed E-state index contributed by atoms with van der Waals surface area (Å²) in [6, 6.07) is 10.9. The van der Waals surface area contributed by atoms with Crippen molar-refractivity contribution in [2.24, 2.45) is 23.7 Å². The van der Waals surface area contributed by atoms with Crippen molar-refractivity contribution < 1.29 is 47.8 Å². The summed E-state index contributed by atoms with van der Waals surface area (Å²) in [5, 5.41) is 17.1. The van der Waals surface area contributed by atoms with Crippen molar-refractivity contribution >= 4 is 35.5 Å². The molecule has 0 bridgehead atoms. The van der Waals surface area contributed by atoms with E-state index in [0.29, 0.717) is 31.4 Å². The highest BCUT2D eigenvalue weighted by Gasteiger charge is 2.43. The Hall–Kier alpha value is -5.13. The third-order valence-corrected chi connectivity index (χ3v) is 12.4. The second-order valence-corrected chi connectivity index (χ2v) is 17.8. The van der Waals surface area contributed by atoms with Crippen molar-refractivity contribution in [1.29, 1.82) is 0 Å². The van der Waals surface area contributed by atoms with E-state index < -0.39 is 71.4 Å². The standard InChI is InChI=1S/C47H72N6O11/c1-14-30(6)41(51(11)46(57)39(28(2)3)49-45(56)40(29(4)5)50(9)10)37(61-12)27-38(54)52-26-18-21-36(52)42(62-13)31(7)44(55)48-32(8)43(33-19-16-15-17-20-33)64-47(58)63-35-24-22-34(23-25-35)53(59)60/h15-17,19-20,22-25,28-32,36-37,39-43H,14,18,21,26-27H2,1-13H3,(H,48,55)(H,49,56)/t30-,31+,32+,36-,37?,39-,40-,41-,42+,43+/m0/s1. The van der Waals surface area contributed by atoms with Crippen LogP contribution in [0, 0.1) is 33.8 Å². The molecule has 10 atom stereocenters. The van der Waals surface area contributed by atoms with Gasteiger partial charge in [0.2, 0.25) is 23.6 Å². The van der Waals surface area contributed by atoms with Crippen molar-refractivity contribution in [3.05, 3.63) is 70.3 Å². The third-order valence-electron chi connectivity index (χ3n) is 12.4. The lowest BCUT2D eigenvalue weighted by Crippen LogP contribution is -2.59. The van der Waals surface area contributed by atoms with Crippen molar-refractivity contribution in [2.75, 3.05) is 41.9 Å². The molecule has 0 aliphatic carbocycles. The van der Waals surface area contributed by atoms with Crippen molar-refractivity contribution in [3.63, 3.8) is 0 Å². The van der Waals surface area contributed by atoms with Crippen LogP contribution in [0.25, 0.3) is 0 Å². The summed E-state index contributed by atoms with van der Waals surface area (Å²) in [6.07, 6.45) is -1.50. The van der Waals surface area contributed by atoms with Crippen LogP contribution in [0.3, 0.4) is 0 Å². The number of nitro groups is 1. The lowest BCUT2D eigenvalue weighted by Gasteiger charge is -2.41. The highest BCUT2D eigenvalue weighted by molar-refractivity contribution is 5.90. The molecule has 0 radical (unpaired) electrons. The Bertz CT molecular complexity index is 1840. The molecule has 2 aromatic rings. The number of hydrogen-bond acceptors (Lipinski definition) is 12. The molecule has 1 heterocycles. The second-order valence-electron chi connectivity index (χ2n) is 17.8. The first kappa shape index (κ1) is 53.2. The van der Waals surface area contributed by atoms with Gasteiger partial charge in [0.1, 0.15) is 11.8 Å². The summed E-state index contributed by atoms with van der Waals surface area (Å²) >= 11 is 0. The van der Waals surface area contributed by atoms with Gasteiger partial charge in [-0.05, 0) is 69.3 Å². The summed E-state index contributed by atoms with van der Waals surface area (Å²) < 4.78 is 23.1. The molecule has 1 aliphatic heterocycles. The molecule has 356 valence electrons. The Morgan fingerprint density at radius 1 is 0.859 bits per heavy atom. The average molecular weight is 897 g/mol. The van der Waals surface area contributed by atoms with Gasteiger partial charge >= 0.3 is 6.16 Å².